The van der Waals surface area contributed by atoms with Crippen molar-refractivity contribution >= 4 is 17.3 Å². The summed E-state index contributed by atoms with van der Waals surface area (Å²) in [7, 11) is 0. The van der Waals surface area contributed by atoms with E-state index >= 15 is 0 Å². The second-order valence-electron chi connectivity index (χ2n) is 0.0772. The Kier molecular flexibility index (Phi) is 20.2. The van der Waals surface area contributed by atoms with Crippen LogP contribution in [0.3, 0.4) is 0 Å². The van der Waals surface area contributed by atoms with Gasteiger partial charge in [0, 0.05) is 0 Å². The van der Waals surface area contributed by atoms with Gasteiger partial charge in [-0.1, -0.05) is 0 Å². The van der Waals surface area contributed by atoms with Crippen LogP contribution in [0.4, 0.5) is 0 Å². The van der Waals surface area contributed by atoms with Crippen LogP contribution in [0, 0.1) is 0 Å². The number of rotatable bonds is 0. The van der Waals surface area contributed by atoms with Crippen LogP contribution in [-0.2, 0) is 4.79 Å². The smallest absolute Gasteiger partial charge is 0.525 e. The van der Waals surface area contributed by atoms with Crippen LogP contribution in [0.5, 0.6) is 0 Å². The zero-order chi connectivity index (χ0) is 2.71. The summed E-state index contributed by atoms with van der Waals surface area (Å²) < 4.78 is 0. The Morgan fingerprint density at radius 1 is 1.75 bits per heavy atom. The maximum Gasteiger partial charge on any atom is 1.00 e. The Morgan fingerprint density at radius 3 is 1.75 bits per heavy atom. The summed E-state index contributed by atoms with van der Waals surface area (Å²) in [6, 6.07) is 0. The van der Waals surface area contributed by atoms with E-state index in [0.717, 1.165) is 5.75 Å². The van der Waals surface area contributed by atoms with Gasteiger partial charge < -0.3 is 16.4 Å². The molecule has 0 spiro atoms. The first kappa shape index (κ1) is 9.14. The average molecular weight is 103 g/mol. The molecule has 0 aromatic rings. The van der Waals surface area contributed by atoms with E-state index in [2.05, 4.69) is 11.6 Å². The molecule has 0 amide bonds. The molecule has 0 radical (unpaired) electrons. The van der Waals surface area contributed by atoms with Crippen molar-refractivity contribution in [2.45, 2.75) is 0 Å². The zero-order valence-electron chi connectivity index (χ0n) is 2.29. The molecular formula is CClKO. The van der Waals surface area contributed by atoms with Crippen molar-refractivity contribution in [3.63, 3.8) is 0 Å². The Morgan fingerprint density at radius 2 is 1.75 bits per heavy atom. The maximum atomic E-state index is 8.45. The molecule has 0 aliphatic rings. The molecule has 0 rings (SSSR count). The first-order valence-electron chi connectivity index (χ1n) is 0.393. The van der Waals surface area contributed by atoms with Crippen molar-refractivity contribution < 1.29 is 56.2 Å². The molecule has 0 fully saturated rings. The van der Waals surface area contributed by atoms with Gasteiger partial charge in [-0.25, -0.2) is 0 Å². The molecule has 0 saturated carbocycles. The standard InChI is InChI=1S/CClO.K/c2-1-3;/q-1;+1. The molecule has 0 bridgehead atoms. The zero-order valence-corrected chi connectivity index (χ0v) is 6.17. The molecule has 0 aliphatic heterocycles. The second kappa shape index (κ2) is 8.82. The third kappa shape index (κ3) is 9.51. The second-order valence-corrected chi connectivity index (χ2v) is 0.231. The van der Waals surface area contributed by atoms with Gasteiger partial charge >= 0.3 is 51.4 Å². The van der Waals surface area contributed by atoms with Gasteiger partial charge in [0.2, 0.25) is 0 Å². The van der Waals surface area contributed by atoms with Gasteiger partial charge in [-0.2, -0.15) is 5.75 Å². The minimum absolute atomic E-state index is 0. The molecule has 18 valence electrons. The van der Waals surface area contributed by atoms with Crippen LogP contribution in [-0.4, -0.2) is 5.75 Å². The van der Waals surface area contributed by atoms with Gasteiger partial charge in [0.15, 0.2) is 0 Å². The summed E-state index contributed by atoms with van der Waals surface area (Å²) in [6.07, 6.45) is 0. The average Bonchev–Trinajstić information content (AvgIpc) is 0.918. The van der Waals surface area contributed by atoms with Crippen LogP contribution >= 0.6 is 11.6 Å². The van der Waals surface area contributed by atoms with E-state index in [1.165, 1.54) is 0 Å². The summed E-state index contributed by atoms with van der Waals surface area (Å²) in [4.78, 5) is 8.45. The molecule has 0 heterocycles. The normalized spacial score (nSPS) is 3.25. The molecule has 0 atom stereocenters. The van der Waals surface area contributed by atoms with Crippen LogP contribution in [0.25, 0.3) is 0 Å². The van der Waals surface area contributed by atoms with Gasteiger partial charge in [0.05, 0.1) is 0 Å². The molecule has 0 aromatic carbocycles. The van der Waals surface area contributed by atoms with Gasteiger partial charge in [-0.15, -0.1) is 0 Å². The largest absolute Gasteiger partial charge is 1.00 e. The predicted molar refractivity (Wildman–Crippen MR) is 11.5 cm³/mol. The van der Waals surface area contributed by atoms with Crippen LogP contribution in [0.1, 0.15) is 0 Å². The van der Waals surface area contributed by atoms with Crippen molar-refractivity contribution in [1.82, 2.24) is 0 Å². The van der Waals surface area contributed by atoms with E-state index in [0.29, 0.717) is 0 Å². The monoisotopic (exact) mass is 102 g/mol. The fraction of sp³-hybridized carbons (Fsp3) is 0. The SMILES string of the molecule is O=[C-]Cl.[K+]. The van der Waals surface area contributed by atoms with Gasteiger partial charge in [-0.05, 0) is 0 Å². The van der Waals surface area contributed by atoms with E-state index < -0.39 is 0 Å². The molecule has 0 N–H and O–H groups in total. The number of hydrogen-bond acceptors (Lipinski definition) is 1. The number of carbonyl (C=O) groups excluding carboxylic acids is 1. The summed E-state index contributed by atoms with van der Waals surface area (Å²) in [6.45, 7) is 0. The van der Waals surface area contributed by atoms with Crippen molar-refractivity contribution in [3.05, 3.63) is 0 Å². The summed E-state index contributed by atoms with van der Waals surface area (Å²) in [5.74, 6) is 0.972. The first-order chi connectivity index (χ1) is 1.41. The first-order valence-corrected chi connectivity index (χ1v) is 0.771. The van der Waals surface area contributed by atoms with Crippen LogP contribution < -0.4 is 51.4 Å². The number of halogens is 1. The third-order valence-electron chi connectivity index (χ3n) is 0. The van der Waals surface area contributed by atoms with Gasteiger partial charge in [0.1, 0.15) is 0 Å². The summed E-state index contributed by atoms with van der Waals surface area (Å²) in [5.41, 5.74) is 0. The fourth-order valence-electron chi connectivity index (χ4n) is 0. The van der Waals surface area contributed by atoms with Gasteiger partial charge in [0.25, 0.3) is 0 Å². The Bertz CT molecular complexity index is 15.5. The summed E-state index contributed by atoms with van der Waals surface area (Å²) >= 11 is 4.19. The number of hydrogen-bond donors (Lipinski definition) is 0. The third-order valence-corrected chi connectivity index (χ3v) is 0. The van der Waals surface area contributed by atoms with E-state index in [1.807, 2.05) is 0 Å². The van der Waals surface area contributed by atoms with Crippen molar-refractivity contribution in [2.75, 3.05) is 0 Å². The Hall–Kier alpha value is 1.60. The van der Waals surface area contributed by atoms with Crippen molar-refractivity contribution in [1.29, 1.82) is 0 Å². The molecule has 4 heavy (non-hydrogen) atoms. The minimum atomic E-state index is 0. The minimum Gasteiger partial charge on any atom is -0.525 e. The van der Waals surface area contributed by atoms with E-state index in [4.69, 9.17) is 4.79 Å². The fourth-order valence-corrected chi connectivity index (χ4v) is 0. The maximum absolute atomic E-state index is 8.45. The molecule has 1 nitrogen and oxygen atoms in total. The van der Waals surface area contributed by atoms with Crippen LogP contribution in [0.15, 0.2) is 0 Å². The van der Waals surface area contributed by atoms with E-state index in [9.17, 15) is 0 Å². The molecule has 0 unspecified atom stereocenters. The quantitative estimate of drug-likeness (QED) is 0.185. The van der Waals surface area contributed by atoms with Crippen LogP contribution in [0.2, 0.25) is 0 Å². The van der Waals surface area contributed by atoms with E-state index in [1.54, 1.807) is 0 Å². The Labute approximate surface area is 72.1 Å². The predicted octanol–water partition coefficient (Wildman–Crippen LogP) is -2.70. The van der Waals surface area contributed by atoms with Crippen molar-refractivity contribution in [3.8, 4) is 0 Å². The molecule has 0 aromatic heterocycles. The molecular weight excluding hydrogens is 103 g/mol. The summed E-state index contributed by atoms with van der Waals surface area (Å²) in [5, 5.41) is 0. The van der Waals surface area contributed by atoms with Gasteiger partial charge in [-0.3, -0.25) is 0 Å². The Balaban J connectivity index is 0. The topological polar surface area (TPSA) is 17.1 Å². The molecule has 3 heteroatoms. The molecule has 0 saturated heterocycles. The van der Waals surface area contributed by atoms with Crippen molar-refractivity contribution in [2.24, 2.45) is 0 Å². The molecule has 0 aliphatic carbocycles. The van der Waals surface area contributed by atoms with E-state index in [-0.39, 0.29) is 51.4 Å².